The normalized spacial score (nSPS) is 21.1. The predicted octanol–water partition coefficient (Wildman–Crippen LogP) is 1.19. The van der Waals surface area contributed by atoms with Gasteiger partial charge in [-0.1, -0.05) is 36.9 Å². The fourth-order valence-electron chi connectivity index (χ4n) is 2.24. The Labute approximate surface area is 105 Å². The molecule has 1 aromatic carbocycles. The molecule has 1 spiro atoms. The minimum atomic E-state index is -0.632. The minimum absolute atomic E-state index is 0.0315. The van der Waals surface area contributed by atoms with Gasteiger partial charge in [0.05, 0.1) is 6.54 Å². The number of carbonyl (C=O) groups excluding carboxylic acids is 2. The predicted molar refractivity (Wildman–Crippen MR) is 66.2 cm³/mol. The highest BCUT2D eigenvalue weighted by Gasteiger charge is 2.56. The first kappa shape index (κ1) is 11.0. The van der Waals surface area contributed by atoms with Crippen molar-refractivity contribution in [2.75, 3.05) is 0 Å². The van der Waals surface area contributed by atoms with Crippen molar-refractivity contribution in [2.45, 2.75) is 24.9 Å². The molecule has 2 aliphatic rings. The molecule has 0 unspecified atom stereocenters. The standard InChI is InChI=1S/C14H14N2O2/c1-10-12(17)15-14(7-8-14)13(18)16(10)9-11-5-3-2-4-6-11/h2-6H,1,7-9H2,(H,15,17). The molecular formula is C14H14N2O2. The first-order chi connectivity index (χ1) is 8.62. The van der Waals surface area contributed by atoms with Crippen molar-refractivity contribution in [1.82, 2.24) is 10.2 Å². The zero-order valence-corrected chi connectivity index (χ0v) is 9.98. The summed E-state index contributed by atoms with van der Waals surface area (Å²) in [5.74, 6) is -0.265. The number of benzene rings is 1. The van der Waals surface area contributed by atoms with Crippen LogP contribution < -0.4 is 5.32 Å². The van der Waals surface area contributed by atoms with E-state index in [0.717, 1.165) is 18.4 Å². The maximum absolute atomic E-state index is 12.3. The van der Waals surface area contributed by atoms with Crippen LogP contribution in [0.2, 0.25) is 0 Å². The van der Waals surface area contributed by atoms with E-state index >= 15 is 0 Å². The van der Waals surface area contributed by atoms with Crippen molar-refractivity contribution in [3.63, 3.8) is 0 Å². The third kappa shape index (κ3) is 1.61. The van der Waals surface area contributed by atoms with E-state index in [-0.39, 0.29) is 17.5 Å². The number of piperazine rings is 1. The van der Waals surface area contributed by atoms with Crippen LogP contribution in [0.4, 0.5) is 0 Å². The van der Waals surface area contributed by atoms with Crippen LogP contribution in [0.25, 0.3) is 0 Å². The minimum Gasteiger partial charge on any atom is -0.336 e. The van der Waals surface area contributed by atoms with E-state index in [1.807, 2.05) is 30.3 Å². The van der Waals surface area contributed by atoms with Crippen LogP contribution >= 0.6 is 0 Å². The highest BCUT2D eigenvalue weighted by Crippen LogP contribution is 2.41. The van der Waals surface area contributed by atoms with Gasteiger partial charge in [0, 0.05) is 0 Å². The van der Waals surface area contributed by atoms with Crippen molar-refractivity contribution < 1.29 is 9.59 Å². The Morgan fingerprint density at radius 3 is 2.50 bits per heavy atom. The lowest BCUT2D eigenvalue weighted by Crippen LogP contribution is -2.57. The van der Waals surface area contributed by atoms with E-state index < -0.39 is 5.54 Å². The molecule has 0 bridgehead atoms. The largest absolute Gasteiger partial charge is 0.336 e. The summed E-state index contributed by atoms with van der Waals surface area (Å²) in [4.78, 5) is 25.6. The van der Waals surface area contributed by atoms with E-state index in [2.05, 4.69) is 11.9 Å². The number of amides is 2. The summed E-state index contributed by atoms with van der Waals surface area (Å²) in [5.41, 5.74) is 0.603. The van der Waals surface area contributed by atoms with Gasteiger partial charge in [-0.05, 0) is 18.4 Å². The molecule has 1 aliphatic heterocycles. The molecule has 3 rings (SSSR count). The molecule has 0 radical (unpaired) electrons. The fourth-order valence-corrected chi connectivity index (χ4v) is 2.24. The van der Waals surface area contributed by atoms with Gasteiger partial charge in [0.1, 0.15) is 11.2 Å². The van der Waals surface area contributed by atoms with Gasteiger partial charge in [-0.2, -0.15) is 0 Å². The van der Waals surface area contributed by atoms with E-state index in [9.17, 15) is 9.59 Å². The number of rotatable bonds is 2. The Hall–Kier alpha value is -2.10. The smallest absolute Gasteiger partial charge is 0.268 e. The molecule has 1 N–H and O–H groups in total. The number of nitrogens with one attached hydrogen (secondary N) is 1. The lowest BCUT2D eigenvalue weighted by atomic mass is 10.1. The fraction of sp³-hybridized carbons (Fsp3) is 0.286. The Balaban J connectivity index is 1.87. The van der Waals surface area contributed by atoms with Crippen molar-refractivity contribution in [3.05, 3.63) is 48.2 Å². The molecule has 4 heteroatoms. The van der Waals surface area contributed by atoms with Crippen LogP contribution in [0, 0.1) is 0 Å². The molecule has 1 aromatic rings. The number of hydrogen-bond donors (Lipinski definition) is 1. The second-order valence-electron chi connectivity index (χ2n) is 4.86. The highest BCUT2D eigenvalue weighted by molar-refractivity contribution is 6.07. The monoisotopic (exact) mass is 242 g/mol. The lowest BCUT2D eigenvalue weighted by molar-refractivity contribution is -0.141. The van der Waals surface area contributed by atoms with Crippen molar-refractivity contribution >= 4 is 11.8 Å². The Morgan fingerprint density at radius 2 is 1.89 bits per heavy atom. The molecule has 4 nitrogen and oxygen atoms in total. The summed E-state index contributed by atoms with van der Waals surface area (Å²) in [6, 6.07) is 9.63. The van der Waals surface area contributed by atoms with Gasteiger partial charge in [-0.25, -0.2) is 0 Å². The van der Waals surface area contributed by atoms with Gasteiger partial charge >= 0.3 is 0 Å². The summed E-state index contributed by atoms with van der Waals surface area (Å²) < 4.78 is 0. The summed E-state index contributed by atoms with van der Waals surface area (Å²) in [6.45, 7) is 4.12. The first-order valence-corrected chi connectivity index (χ1v) is 6.00. The van der Waals surface area contributed by atoms with Gasteiger partial charge in [0.2, 0.25) is 0 Å². The molecule has 0 atom stereocenters. The van der Waals surface area contributed by atoms with Gasteiger partial charge in [0.25, 0.3) is 11.8 Å². The zero-order chi connectivity index (χ0) is 12.8. The molecule has 1 saturated carbocycles. The van der Waals surface area contributed by atoms with Crippen LogP contribution in [0.1, 0.15) is 18.4 Å². The molecule has 2 fully saturated rings. The molecule has 1 saturated heterocycles. The van der Waals surface area contributed by atoms with Gasteiger partial charge in [-0.15, -0.1) is 0 Å². The van der Waals surface area contributed by atoms with Gasteiger partial charge in [-0.3, -0.25) is 9.59 Å². The average molecular weight is 242 g/mol. The lowest BCUT2D eigenvalue weighted by Gasteiger charge is -2.34. The van der Waals surface area contributed by atoms with E-state index in [1.54, 1.807) is 0 Å². The second kappa shape index (κ2) is 3.70. The second-order valence-corrected chi connectivity index (χ2v) is 4.86. The topological polar surface area (TPSA) is 49.4 Å². The Morgan fingerprint density at radius 1 is 1.22 bits per heavy atom. The third-order valence-electron chi connectivity index (χ3n) is 3.53. The Bertz CT molecular complexity index is 532. The summed E-state index contributed by atoms with van der Waals surface area (Å²) >= 11 is 0. The number of nitrogens with zero attached hydrogens (tertiary/aromatic N) is 1. The van der Waals surface area contributed by atoms with Crippen molar-refractivity contribution in [1.29, 1.82) is 0 Å². The maximum atomic E-state index is 12.3. The summed E-state index contributed by atoms with van der Waals surface area (Å²) in [5, 5.41) is 2.75. The van der Waals surface area contributed by atoms with Crippen LogP contribution in [0.15, 0.2) is 42.6 Å². The maximum Gasteiger partial charge on any atom is 0.268 e. The van der Waals surface area contributed by atoms with Crippen LogP contribution in [0.3, 0.4) is 0 Å². The third-order valence-corrected chi connectivity index (χ3v) is 3.53. The highest BCUT2D eigenvalue weighted by atomic mass is 16.2. The quantitative estimate of drug-likeness (QED) is 0.792. The van der Waals surface area contributed by atoms with Gasteiger partial charge < -0.3 is 10.2 Å². The van der Waals surface area contributed by atoms with E-state index in [1.165, 1.54) is 4.90 Å². The van der Waals surface area contributed by atoms with Gasteiger partial charge in [0.15, 0.2) is 0 Å². The SMILES string of the molecule is C=C1C(=O)NC2(CC2)C(=O)N1Cc1ccccc1. The van der Waals surface area contributed by atoms with Crippen LogP contribution in [0.5, 0.6) is 0 Å². The Kier molecular flexibility index (Phi) is 2.26. The molecule has 0 aromatic heterocycles. The van der Waals surface area contributed by atoms with Crippen LogP contribution in [-0.4, -0.2) is 22.3 Å². The van der Waals surface area contributed by atoms with Crippen molar-refractivity contribution in [3.8, 4) is 0 Å². The molecule has 18 heavy (non-hydrogen) atoms. The number of hydrogen-bond acceptors (Lipinski definition) is 2. The summed E-state index contributed by atoms with van der Waals surface area (Å²) in [7, 11) is 0. The molecule has 1 heterocycles. The van der Waals surface area contributed by atoms with E-state index in [0.29, 0.717) is 6.54 Å². The number of carbonyl (C=O) groups is 2. The molecule has 2 amide bonds. The zero-order valence-electron chi connectivity index (χ0n) is 9.98. The first-order valence-electron chi connectivity index (χ1n) is 6.00. The summed E-state index contributed by atoms with van der Waals surface area (Å²) in [6.07, 6.45) is 1.46. The molecular weight excluding hydrogens is 228 g/mol. The van der Waals surface area contributed by atoms with Crippen LogP contribution in [-0.2, 0) is 16.1 Å². The molecule has 1 aliphatic carbocycles. The molecule has 92 valence electrons. The van der Waals surface area contributed by atoms with Crippen molar-refractivity contribution in [2.24, 2.45) is 0 Å². The van der Waals surface area contributed by atoms with E-state index in [4.69, 9.17) is 0 Å². The average Bonchev–Trinajstić information content (AvgIpc) is 3.15.